The Morgan fingerprint density at radius 2 is 1.84 bits per heavy atom. The Hall–Kier alpha value is -0.0900. The number of rotatable bonds is 6. The zero-order valence-corrected chi connectivity index (χ0v) is 14.3. The highest BCUT2D eigenvalue weighted by atomic mass is 127. The van der Waals surface area contributed by atoms with Gasteiger partial charge >= 0.3 is 0 Å². The van der Waals surface area contributed by atoms with E-state index in [0.717, 1.165) is 24.3 Å². The van der Waals surface area contributed by atoms with Crippen molar-refractivity contribution in [2.24, 2.45) is 17.8 Å². The monoisotopic (exact) mass is 371 g/mol. The average Bonchev–Trinajstić information content (AvgIpc) is 2.79. The standard InChI is InChI=1S/C17H26IN/c1-13(2)11-19-12-16-5-3-4-15(16)10-14-6-8-17(18)9-7-14/h6-9,13,15-16,19H,3-5,10-12H2,1-2H3. The maximum atomic E-state index is 3.65. The van der Waals surface area contributed by atoms with Crippen LogP contribution in [0, 0.1) is 21.3 Å². The number of halogens is 1. The maximum Gasteiger partial charge on any atom is 0.0130 e. The van der Waals surface area contributed by atoms with Gasteiger partial charge in [0.15, 0.2) is 0 Å². The van der Waals surface area contributed by atoms with Crippen LogP contribution in [0.15, 0.2) is 24.3 Å². The summed E-state index contributed by atoms with van der Waals surface area (Å²) < 4.78 is 1.34. The number of benzene rings is 1. The first-order chi connectivity index (χ1) is 9.15. The van der Waals surface area contributed by atoms with Crippen molar-refractivity contribution in [1.82, 2.24) is 5.32 Å². The van der Waals surface area contributed by atoms with Crippen molar-refractivity contribution in [2.45, 2.75) is 39.5 Å². The normalized spacial score (nSPS) is 23.2. The van der Waals surface area contributed by atoms with Gasteiger partial charge in [-0.25, -0.2) is 0 Å². The first-order valence-corrected chi connectivity index (χ1v) is 8.68. The highest BCUT2D eigenvalue weighted by Gasteiger charge is 2.26. The van der Waals surface area contributed by atoms with Crippen molar-refractivity contribution in [3.63, 3.8) is 0 Å². The molecule has 0 saturated heterocycles. The number of hydrogen-bond donors (Lipinski definition) is 1. The summed E-state index contributed by atoms with van der Waals surface area (Å²) in [5.41, 5.74) is 1.51. The van der Waals surface area contributed by atoms with Gasteiger partial charge in [-0.1, -0.05) is 32.4 Å². The lowest BCUT2D eigenvalue weighted by atomic mass is 9.89. The van der Waals surface area contributed by atoms with Crippen molar-refractivity contribution in [3.05, 3.63) is 33.4 Å². The lowest BCUT2D eigenvalue weighted by molar-refractivity contribution is 0.357. The van der Waals surface area contributed by atoms with Crippen molar-refractivity contribution in [2.75, 3.05) is 13.1 Å². The summed E-state index contributed by atoms with van der Waals surface area (Å²) >= 11 is 2.38. The first kappa shape index (κ1) is 15.3. The van der Waals surface area contributed by atoms with Crippen LogP contribution in [0.4, 0.5) is 0 Å². The minimum atomic E-state index is 0.760. The van der Waals surface area contributed by atoms with Gasteiger partial charge in [0.05, 0.1) is 0 Å². The summed E-state index contributed by atoms with van der Waals surface area (Å²) in [5, 5.41) is 3.65. The second-order valence-corrected chi connectivity index (χ2v) is 7.58. The molecule has 0 aromatic heterocycles. The lowest BCUT2D eigenvalue weighted by Crippen LogP contribution is -2.28. The van der Waals surface area contributed by atoms with Crippen LogP contribution in [0.3, 0.4) is 0 Å². The maximum absolute atomic E-state index is 3.65. The van der Waals surface area contributed by atoms with Crippen molar-refractivity contribution in [1.29, 1.82) is 0 Å². The fourth-order valence-electron chi connectivity index (χ4n) is 3.13. The van der Waals surface area contributed by atoms with E-state index < -0.39 is 0 Å². The van der Waals surface area contributed by atoms with E-state index >= 15 is 0 Å². The molecule has 19 heavy (non-hydrogen) atoms. The molecule has 1 saturated carbocycles. The van der Waals surface area contributed by atoms with Crippen LogP contribution in [-0.4, -0.2) is 13.1 Å². The smallest absolute Gasteiger partial charge is 0.0130 e. The highest BCUT2D eigenvalue weighted by molar-refractivity contribution is 14.1. The van der Waals surface area contributed by atoms with E-state index in [1.165, 1.54) is 41.4 Å². The molecule has 0 heterocycles. The van der Waals surface area contributed by atoms with Crippen LogP contribution in [-0.2, 0) is 6.42 Å². The molecular weight excluding hydrogens is 345 g/mol. The van der Waals surface area contributed by atoms with Gasteiger partial charge in [0, 0.05) is 3.57 Å². The predicted octanol–water partition coefficient (Wildman–Crippen LogP) is 4.50. The number of nitrogens with one attached hydrogen (secondary N) is 1. The predicted molar refractivity (Wildman–Crippen MR) is 91.4 cm³/mol. The zero-order valence-electron chi connectivity index (χ0n) is 12.2. The quantitative estimate of drug-likeness (QED) is 0.727. The second kappa shape index (κ2) is 7.63. The Morgan fingerprint density at radius 3 is 2.53 bits per heavy atom. The summed E-state index contributed by atoms with van der Waals surface area (Å²) in [6.07, 6.45) is 5.52. The Bertz CT molecular complexity index is 371. The Morgan fingerprint density at radius 1 is 1.16 bits per heavy atom. The van der Waals surface area contributed by atoms with Gasteiger partial charge in [-0.05, 0) is 90.4 Å². The van der Waals surface area contributed by atoms with Crippen LogP contribution in [0.1, 0.15) is 38.7 Å². The van der Waals surface area contributed by atoms with Gasteiger partial charge in [-0.3, -0.25) is 0 Å². The van der Waals surface area contributed by atoms with Gasteiger partial charge in [-0.2, -0.15) is 0 Å². The van der Waals surface area contributed by atoms with Gasteiger partial charge in [0.1, 0.15) is 0 Å². The van der Waals surface area contributed by atoms with E-state index in [4.69, 9.17) is 0 Å². The summed E-state index contributed by atoms with van der Waals surface area (Å²) in [5.74, 6) is 2.54. The van der Waals surface area contributed by atoms with Gasteiger partial charge in [0.25, 0.3) is 0 Å². The molecular formula is C17H26IN. The van der Waals surface area contributed by atoms with Gasteiger partial charge < -0.3 is 5.32 Å². The third-order valence-corrected chi connectivity index (χ3v) is 4.91. The summed E-state index contributed by atoms with van der Waals surface area (Å²) in [6, 6.07) is 9.07. The largest absolute Gasteiger partial charge is 0.316 e. The Labute approximate surface area is 131 Å². The lowest BCUT2D eigenvalue weighted by Gasteiger charge is -2.21. The zero-order chi connectivity index (χ0) is 13.7. The first-order valence-electron chi connectivity index (χ1n) is 7.60. The number of hydrogen-bond acceptors (Lipinski definition) is 1. The molecule has 1 nitrogen and oxygen atoms in total. The molecule has 2 heteroatoms. The fraction of sp³-hybridized carbons (Fsp3) is 0.647. The van der Waals surface area contributed by atoms with E-state index in [-0.39, 0.29) is 0 Å². The molecule has 2 rings (SSSR count). The average molecular weight is 371 g/mol. The van der Waals surface area contributed by atoms with E-state index in [0.29, 0.717) is 0 Å². The molecule has 0 aliphatic heterocycles. The van der Waals surface area contributed by atoms with Gasteiger partial charge in [0.2, 0.25) is 0 Å². The van der Waals surface area contributed by atoms with Crippen molar-refractivity contribution >= 4 is 22.6 Å². The molecule has 2 unspecified atom stereocenters. The minimum absolute atomic E-state index is 0.760. The molecule has 2 atom stereocenters. The summed E-state index contributed by atoms with van der Waals surface area (Å²) in [4.78, 5) is 0. The van der Waals surface area contributed by atoms with E-state index in [1.54, 1.807) is 0 Å². The molecule has 1 fully saturated rings. The van der Waals surface area contributed by atoms with Crippen LogP contribution in [0.2, 0.25) is 0 Å². The summed E-state index contributed by atoms with van der Waals surface area (Å²) in [7, 11) is 0. The molecule has 1 aromatic carbocycles. The fourth-order valence-corrected chi connectivity index (χ4v) is 3.49. The Kier molecular flexibility index (Phi) is 6.14. The van der Waals surface area contributed by atoms with E-state index in [1.807, 2.05) is 0 Å². The minimum Gasteiger partial charge on any atom is -0.316 e. The van der Waals surface area contributed by atoms with Crippen LogP contribution < -0.4 is 5.32 Å². The van der Waals surface area contributed by atoms with Gasteiger partial charge in [-0.15, -0.1) is 0 Å². The molecule has 1 aliphatic rings. The van der Waals surface area contributed by atoms with E-state index in [2.05, 4.69) is 66.0 Å². The molecule has 1 aliphatic carbocycles. The molecule has 0 spiro atoms. The van der Waals surface area contributed by atoms with Crippen molar-refractivity contribution in [3.8, 4) is 0 Å². The second-order valence-electron chi connectivity index (χ2n) is 6.33. The molecule has 0 radical (unpaired) electrons. The highest BCUT2D eigenvalue weighted by Crippen LogP contribution is 2.33. The molecule has 1 N–H and O–H groups in total. The topological polar surface area (TPSA) is 12.0 Å². The third kappa shape index (κ3) is 5.07. The Balaban J connectivity index is 1.83. The SMILES string of the molecule is CC(C)CNCC1CCCC1Cc1ccc(I)cc1. The molecule has 0 amide bonds. The van der Waals surface area contributed by atoms with Crippen molar-refractivity contribution < 1.29 is 0 Å². The van der Waals surface area contributed by atoms with E-state index in [9.17, 15) is 0 Å². The van der Waals surface area contributed by atoms with Crippen LogP contribution >= 0.6 is 22.6 Å². The van der Waals surface area contributed by atoms with Crippen LogP contribution in [0.25, 0.3) is 0 Å². The molecule has 106 valence electrons. The summed E-state index contributed by atoms with van der Waals surface area (Å²) in [6.45, 7) is 6.94. The molecule has 1 aromatic rings. The van der Waals surface area contributed by atoms with Crippen LogP contribution in [0.5, 0.6) is 0 Å². The third-order valence-electron chi connectivity index (χ3n) is 4.19. The molecule has 0 bridgehead atoms.